The van der Waals surface area contributed by atoms with Crippen molar-refractivity contribution in [3.05, 3.63) is 87.7 Å². The average molecular weight is 475 g/mol. The molecule has 1 unspecified atom stereocenters. The molecule has 0 amide bonds. The number of hydrogen-bond donors (Lipinski definition) is 0. The molecular weight excluding hydrogens is 460 g/mol. The van der Waals surface area contributed by atoms with Crippen LogP contribution in [0.15, 0.2) is 65.7 Å². The van der Waals surface area contributed by atoms with Gasteiger partial charge < -0.3 is 4.57 Å². The molecule has 4 rings (SSSR count). The SMILES string of the molecule is O=S(=O)(c1cccc(C(F)(F)F)c1)N1CCn2cccc2C1c1ccc(Cl)cc1Cl. The van der Waals surface area contributed by atoms with Gasteiger partial charge in [-0.05, 0) is 48.0 Å². The Balaban J connectivity index is 1.86. The van der Waals surface area contributed by atoms with Crippen LogP contribution in [0.4, 0.5) is 13.2 Å². The first-order valence-electron chi connectivity index (χ1n) is 8.88. The number of fused-ring (bicyclic) bond motifs is 1. The van der Waals surface area contributed by atoms with Crippen LogP contribution in [0.5, 0.6) is 0 Å². The molecule has 1 aliphatic heterocycles. The van der Waals surface area contributed by atoms with E-state index in [1.54, 1.807) is 24.3 Å². The van der Waals surface area contributed by atoms with Gasteiger partial charge in [0.05, 0.1) is 16.5 Å². The van der Waals surface area contributed by atoms with Crippen LogP contribution in [-0.4, -0.2) is 23.8 Å². The first-order chi connectivity index (χ1) is 14.1. The molecule has 0 fully saturated rings. The summed E-state index contributed by atoms with van der Waals surface area (Å²) < 4.78 is 69.4. The number of alkyl halides is 3. The molecule has 0 saturated heterocycles. The van der Waals surface area contributed by atoms with Crippen LogP contribution in [0.1, 0.15) is 22.9 Å². The Hall–Kier alpha value is -2.00. The summed E-state index contributed by atoms with van der Waals surface area (Å²) in [5.74, 6) is 0. The van der Waals surface area contributed by atoms with E-state index in [-0.39, 0.29) is 11.6 Å². The molecule has 3 aromatic rings. The molecule has 30 heavy (non-hydrogen) atoms. The van der Waals surface area contributed by atoms with E-state index in [9.17, 15) is 21.6 Å². The fourth-order valence-electron chi connectivity index (χ4n) is 3.63. The summed E-state index contributed by atoms with van der Waals surface area (Å²) in [4.78, 5) is -0.424. The second-order valence-corrected chi connectivity index (χ2v) is 9.57. The third-order valence-corrected chi connectivity index (χ3v) is 7.44. The quantitative estimate of drug-likeness (QED) is 0.495. The van der Waals surface area contributed by atoms with Crippen LogP contribution in [0, 0.1) is 0 Å². The van der Waals surface area contributed by atoms with Crippen molar-refractivity contribution >= 4 is 33.2 Å². The zero-order valence-corrected chi connectivity index (χ0v) is 17.6. The van der Waals surface area contributed by atoms with E-state index >= 15 is 0 Å². The minimum absolute atomic E-state index is 0.0733. The van der Waals surface area contributed by atoms with E-state index in [4.69, 9.17) is 23.2 Å². The average Bonchev–Trinajstić information content (AvgIpc) is 3.16. The Morgan fingerprint density at radius 2 is 1.73 bits per heavy atom. The van der Waals surface area contributed by atoms with Crippen LogP contribution in [0.2, 0.25) is 10.0 Å². The molecular formula is C20H15Cl2F3N2O2S. The Kier molecular flexibility index (Phi) is 5.38. The van der Waals surface area contributed by atoms with Crippen molar-refractivity contribution in [3.8, 4) is 0 Å². The monoisotopic (exact) mass is 474 g/mol. The maximum absolute atomic E-state index is 13.4. The molecule has 2 aromatic carbocycles. The summed E-state index contributed by atoms with van der Waals surface area (Å²) in [7, 11) is -4.26. The molecule has 10 heteroatoms. The number of nitrogens with zero attached hydrogens (tertiary/aromatic N) is 2. The predicted octanol–water partition coefficient (Wildman–Crippen LogP) is 5.61. The van der Waals surface area contributed by atoms with Crippen LogP contribution < -0.4 is 0 Å². The molecule has 2 heterocycles. The minimum Gasteiger partial charge on any atom is -0.348 e. The summed E-state index contributed by atoms with van der Waals surface area (Å²) in [6, 6.07) is 11.2. The van der Waals surface area contributed by atoms with E-state index in [1.165, 1.54) is 16.4 Å². The van der Waals surface area contributed by atoms with Crippen molar-refractivity contribution in [2.24, 2.45) is 0 Å². The van der Waals surface area contributed by atoms with Gasteiger partial charge in [0.25, 0.3) is 0 Å². The highest BCUT2D eigenvalue weighted by Crippen LogP contribution is 2.40. The van der Waals surface area contributed by atoms with Gasteiger partial charge in [0, 0.05) is 35.0 Å². The maximum atomic E-state index is 13.4. The fraction of sp³-hybridized carbons (Fsp3) is 0.200. The Labute approximate surface area is 181 Å². The second-order valence-electron chi connectivity index (χ2n) is 6.84. The number of rotatable bonds is 3. The van der Waals surface area contributed by atoms with E-state index < -0.39 is 32.7 Å². The van der Waals surface area contributed by atoms with Crippen LogP contribution in [0.3, 0.4) is 0 Å². The number of halogens is 5. The lowest BCUT2D eigenvalue weighted by molar-refractivity contribution is -0.137. The zero-order valence-electron chi connectivity index (χ0n) is 15.3. The summed E-state index contributed by atoms with van der Waals surface area (Å²) in [6.45, 7) is 0.437. The number of benzene rings is 2. The van der Waals surface area contributed by atoms with Gasteiger partial charge >= 0.3 is 6.18 Å². The fourth-order valence-corrected chi connectivity index (χ4v) is 5.76. The van der Waals surface area contributed by atoms with Gasteiger partial charge in [-0.3, -0.25) is 0 Å². The smallest absolute Gasteiger partial charge is 0.348 e. The number of hydrogen-bond acceptors (Lipinski definition) is 2. The van der Waals surface area contributed by atoms with Gasteiger partial charge in [0.1, 0.15) is 0 Å². The third-order valence-electron chi connectivity index (χ3n) is 5.02. The maximum Gasteiger partial charge on any atom is 0.416 e. The van der Waals surface area contributed by atoms with E-state index in [2.05, 4.69) is 0 Å². The van der Waals surface area contributed by atoms with E-state index in [0.29, 0.717) is 28.9 Å². The molecule has 0 bridgehead atoms. The molecule has 0 spiro atoms. The van der Waals surface area contributed by atoms with Crippen molar-refractivity contribution in [2.45, 2.75) is 23.7 Å². The summed E-state index contributed by atoms with van der Waals surface area (Å²) in [5, 5.41) is 0.661. The van der Waals surface area contributed by atoms with E-state index in [0.717, 1.165) is 12.1 Å². The highest BCUT2D eigenvalue weighted by Gasteiger charge is 2.39. The van der Waals surface area contributed by atoms with Gasteiger partial charge in [0.15, 0.2) is 0 Å². The first-order valence-corrected chi connectivity index (χ1v) is 11.1. The van der Waals surface area contributed by atoms with Gasteiger partial charge in [-0.2, -0.15) is 17.5 Å². The molecule has 1 aromatic heterocycles. The third kappa shape index (κ3) is 3.73. The molecule has 158 valence electrons. The predicted molar refractivity (Wildman–Crippen MR) is 108 cm³/mol. The van der Waals surface area contributed by atoms with Gasteiger partial charge in [-0.1, -0.05) is 35.3 Å². The molecule has 0 aliphatic carbocycles. The summed E-state index contributed by atoms with van der Waals surface area (Å²) >= 11 is 12.4. The minimum atomic E-state index is -4.65. The Morgan fingerprint density at radius 1 is 0.967 bits per heavy atom. The van der Waals surface area contributed by atoms with Crippen LogP contribution >= 0.6 is 23.2 Å². The summed E-state index contributed by atoms with van der Waals surface area (Å²) in [6.07, 6.45) is -2.83. The van der Waals surface area contributed by atoms with Crippen molar-refractivity contribution in [2.75, 3.05) is 6.54 Å². The van der Waals surface area contributed by atoms with Gasteiger partial charge in [0.2, 0.25) is 10.0 Å². The molecule has 1 atom stereocenters. The Morgan fingerprint density at radius 3 is 2.43 bits per heavy atom. The normalized spacial score (nSPS) is 17.7. The lowest BCUT2D eigenvalue weighted by atomic mass is 10.0. The van der Waals surface area contributed by atoms with E-state index in [1.807, 2.05) is 10.8 Å². The lowest BCUT2D eigenvalue weighted by Gasteiger charge is -2.36. The van der Waals surface area contributed by atoms with Crippen molar-refractivity contribution in [3.63, 3.8) is 0 Å². The van der Waals surface area contributed by atoms with Gasteiger partial charge in [-0.15, -0.1) is 0 Å². The molecule has 0 N–H and O–H groups in total. The number of aromatic nitrogens is 1. The molecule has 1 aliphatic rings. The topological polar surface area (TPSA) is 42.3 Å². The van der Waals surface area contributed by atoms with Crippen LogP contribution in [-0.2, 0) is 22.7 Å². The largest absolute Gasteiger partial charge is 0.416 e. The summed E-state index contributed by atoms with van der Waals surface area (Å²) in [5.41, 5.74) is 0.141. The molecule has 0 radical (unpaired) electrons. The molecule has 4 nitrogen and oxygen atoms in total. The Bertz CT molecular complexity index is 1210. The zero-order chi connectivity index (χ0) is 21.7. The number of sulfonamides is 1. The van der Waals surface area contributed by atoms with Crippen molar-refractivity contribution in [1.82, 2.24) is 8.87 Å². The van der Waals surface area contributed by atoms with Crippen molar-refractivity contribution < 1.29 is 21.6 Å². The lowest BCUT2D eigenvalue weighted by Crippen LogP contribution is -2.42. The van der Waals surface area contributed by atoms with Crippen LogP contribution in [0.25, 0.3) is 0 Å². The molecule has 0 saturated carbocycles. The van der Waals surface area contributed by atoms with Gasteiger partial charge in [-0.25, -0.2) is 8.42 Å². The second kappa shape index (κ2) is 7.60. The highest BCUT2D eigenvalue weighted by molar-refractivity contribution is 7.89. The van der Waals surface area contributed by atoms with Crippen molar-refractivity contribution in [1.29, 1.82) is 0 Å². The first kappa shape index (κ1) is 21.2. The highest BCUT2D eigenvalue weighted by atomic mass is 35.5. The standard InChI is InChI=1S/C20H15Cl2F3N2O2S/c21-14-6-7-16(17(22)12-14)19-18-5-2-8-26(18)9-10-27(19)30(28,29)15-4-1-3-13(11-15)20(23,24)25/h1-8,11-12,19H,9-10H2.